The van der Waals surface area contributed by atoms with Crippen LogP contribution < -0.4 is 5.32 Å². The Labute approximate surface area is 155 Å². The molecular formula is C20H29N3O3. The predicted octanol–water partition coefficient (Wildman–Crippen LogP) is 2.97. The number of rotatable bonds is 10. The van der Waals surface area contributed by atoms with Crippen LogP contribution in [0.5, 0.6) is 0 Å². The second-order valence-corrected chi connectivity index (χ2v) is 6.57. The molecule has 2 rings (SSSR count). The molecule has 0 aliphatic heterocycles. The molecule has 0 bridgehead atoms. The van der Waals surface area contributed by atoms with Crippen LogP contribution >= 0.6 is 0 Å². The highest BCUT2D eigenvalue weighted by atomic mass is 16.5. The Hall–Kier alpha value is -2.18. The number of benzene rings is 1. The molecular weight excluding hydrogens is 330 g/mol. The Morgan fingerprint density at radius 3 is 2.65 bits per heavy atom. The molecule has 0 atom stereocenters. The van der Waals surface area contributed by atoms with Gasteiger partial charge in [0.25, 0.3) is 0 Å². The fraction of sp³-hybridized carbons (Fsp3) is 0.500. The summed E-state index contributed by atoms with van der Waals surface area (Å²) in [6, 6.07) is 8.04. The van der Waals surface area contributed by atoms with Gasteiger partial charge in [0.1, 0.15) is 5.76 Å². The number of likely N-dealkylation sites (N-methyl/N-ethyl adjacent to an activating group) is 1. The molecule has 1 heterocycles. The van der Waals surface area contributed by atoms with E-state index in [1.165, 1.54) is 0 Å². The third kappa shape index (κ3) is 5.97. The van der Waals surface area contributed by atoms with Gasteiger partial charge in [-0.25, -0.2) is 0 Å². The van der Waals surface area contributed by atoms with Gasteiger partial charge in [0, 0.05) is 25.3 Å². The van der Waals surface area contributed by atoms with Gasteiger partial charge in [0.2, 0.25) is 5.91 Å². The molecule has 0 aliphatic carbocycles. The average molecular weight is 359 g/mol. The maximum absolute atomic E-state index is 12.3. The van der Waals surface area contributed by atoms with Crippen molar-refractivity contribution in [2.75, 3.05) is 20.2 Å². The predicted molar refractivity (Wildman–Crippen MR) is 101 cm³/mol. The van der Waals surface area contributed by atoms with E-state index in [1.807, 2.05) is 50.1 Å². The summed E-state index contributed by atoms with van der Waals surface area (Å²) >= 11 is 0. The summed E-state index contributed by atoms with van der Waals surface area (Å²) in [5.41, 5.74) is 4.12. The van der Waals surface area contributed by atoms with Crippen LogP contribution in [0.25, 0.3) is 0 Å². The lowest BCUT2D eigenvalue weighted by Crippen LogP contribution is -2.34. The van der Waals surface area contributed by atoms with Crippen molar-refractivity contribution in [1.82, 2.24) is 15.4 Å². The quantitative estimate of drug-likeness (QED) is 0.661. The minimum atomic E-state index is -0.0106. The largest absolute Gasteiger partial charge is 0.377 e. The Morgan fingerprint density at radius 1 is 1.27 bits per heavy atom. The fourth-order valence-corrected chi connectivity index (χ4v) is 2.75. The number of ether oxygens (including phenoxy) is 1. The van der Waals surface area contributed by atoms with Gasteiger partial charge in [-0.3, -0.25) is 9.69 Å². The van der Waals surface area contributed by atoms with Crippen LogP contribution in [0.15, 0.2) is 28.8 Å². The zero-order valence-electron chi connectivity index (χ0n) is 16.2. The van der Waals surface area contributed by atoms with Crippen LogP contribution in [0.3, 0.4) is 0 Å². The highest BCUT2D eigenvalue weighted by Crippen LogP contribution is 2.14. The van der Waals surface area contributed by atoms with Gasteiger partial charge in [-0.15, -0.1) is 0 Å². The monoisotopic (exact) mass is 359 g/mol. The molecule has 1 aromatic carbocycles. The molecule has 0 radical (unpaired) electrons. The van der Waals surface area contributed by atoms with Crippen LogP contribution in [0, 0.1) is 13.8 Å². The molecule has 6 heteroatoms. The molecule has 1 aromatic heterocycles. The zero-order chi connectivity index (χ0) is 18.9. The van der Waals surface area contributed by atoms with Crippen molar-refractivity contribution < 1.29 is 14.1 Å². The van der Waals surface area contributed by atoms with E-state index in [2.05, 4.69) is 17.4 Å². The van der Waals surface area contributed by atoms with Crippen LogP contribution in [-0.4, -0.2) is 36.2 Å². The summed E-state index contributed by atoms with van der Waals surface area (Å²) in [6.07, 6.45) is 0.996. The zero-order valence-corrected chi connectivity index (χ0v) is 16.2. The van der Waals surface area contributed by atoms with Crippen molar-refractivity contribution in [1.29, 1.82) is 0 Å². The molecule has 0 spiro atoms. The van der Waals surface area contributed by atoms with E-state index in [0.717, 1.165) is 41.2 Å². The maximum Gasteiger partial charge on any atom is 0.234 e. The normalized spacial score (nSPS) is 11.1. The molecule has 0 fully saturated rings. The number of aryl methyl sites for hydroxylation is 2. The van der Waals surface area contributed by atoms with Crippen molar-refractivity contribution in [2.24, 2.45) is 0 Å². The number of carbonyl (C=O) groups excluding carboxylic acids is 1. The molecule has 0 aliphatic rings. The smallest absolute Gasteiger partial charge is 0.234 e. The van der Waals surface area contributed by atoms with Crippen molar-refractivity contribution in [3.05, 3.63) is 52.4 Å². The Morgan fingerprint density at radius 2 is 2.00 bits per heavy atom. The van der Waals surface area contributed by atoms with Gasteiger partial charge in [-0.05, 0) is 38.4 Å². The summed E-state index contributed by atoms with van der Waals surface area (Å²) in [4.78, 5) is 14.2. The number of nitrogens with zero attached hydrogens (tertiary/aromatic N) is 2. The van der Waals surface area contributed by atoms with E-state index in [-0.39, 0.29) is 5.91 Å². The summed E-state index contributed by atoms with van der Waals surface area (Å²) in [5, 5.41) is 6.94. The number of hydrogen-bond acceptors (Lipinski definition) is 5. The fourth-order valence-electron chi connectivity index (χ4n) is 2.75. The van der Waals surface area contributed by atoms with Gasteiger partial charge in [0.05, 0.1) is 18.8 Å². The highest BCUT2D eigenvalue weighted by molar-refractivity contribution is 5.78. The second-order valence-electron chi connectivity index (χ2n) is 6.57. The maximum atomic E-state index is 12.3. The Balaban J connectivity index is 1.83. The molecule has 0 saturated carbocycles. The number of nitrogens with one attached hydrogen (secondary N) is 1. The molecule has 0 unspecified atom stereocenters. The second kappa shape index (κ2) is 10.1. The van der Waals surface area contributed by atoms with Crippen LogP contribution in [0.4, 0.5) is 0 Å². The first-order chi connectivity index (χ1) is 12.5. The molecule has 0 saturated heterocycles. The van der Waals surface area contributed by atoms with E-state index >= 15 is 0 Å². The molecule has 142 valence electrons. The van der Waals surface area contributed by atoms with E-state index < -0.39 is 0 Å². The SMILES string of the molecule is CCCOCc1ccccc1CNC(=O)CN(C)Cc1c(C)noc1C. The van der Waals surface area contributed by atoms with Crippen molar-refractivity contribution in [3.63, 3.8) is 0 Å². The first-order valence-corrected chi connectivity index (χ1v) is 9.02. The van der Waals surface area contributed by atoms with Gasteiger partial charge in [0.15, 0.2) is 0 Å². The van der Waals surface area contributed by atoms with E-state index in [0.29, 0.717) is 26.2 Å². The lowest BCUT2D eigenvalue weighted by Gasteiger charge is -2.17. The molecule has 1 amide bonds. The standard InChI is InChI=1S/C20H29N3O3/c1-5-10-25-14-18-9-7-6-8-17(18)11-21-20(24)13-23(4)12-19-15(2)22-26-16(19)3/h6-9H,5,10-14H2,1-4H3,(H,21,24). The minimum Gasteiger partial charge on any atom is -0.377 e. The summed E-state index contributed by atoms with van der Waals surface area (Å²) in [5.74, 6) is 0.791. The van der Waals surface area contributed by atoms with E-state index in [4.69, 9.17) is 9.26 Å². The van der Waals surface area contributed by atoms with Crippen molar-refractivity contribution in [2.45, 2.75) is 46.9 Å². The number of hydrogen-bond donors (Lipinski definition) is 1. The van der Waals surface area contributed by atoms with Gasteiger partial charge >= 0.3 is 0 Å². The summed E-state index contributed by atoms with van der Waals surface area (Å²) in [7, 11) is 1.91. The lowest BCUT2D eigenvalue weighted by atomic mass is 10.1. The van der Waals surface area contributed by atoms with Crippen molar-refractivity contribution >= 4 is 5.91 Å². The van der Waals surface area contributed by atoms with Crippen molar-refractivity contribution in [3.8, 4) is 0 Å². The Kier molecular flexibility index (Phi) is 7.81. The topological polar surface area (TPSA) is 67.6 Å². The average Bonchev–Trinajstić information content (AvgIpc) is 2.93. The first kappa shape index (κ1) is 20.1. The summed E-state index contributed by atoms with van der Waals surface area (Å²) < 4.78 is 10.8. The van der Waals surface area contributed by atoms with Crippen LogP contribution in [0.1, 0.15) is 41.5 Å². The van der Waals surface area contributed by atoms with Gasteiger partial charge < -0.3 is 14.6 Å². The van der Waals surface area contributed by atoms with Gasteiger partial charge in [-0.1, -0.05) is 36.3 Å². The molecule has 26 heavy (non-hydrogen) atoms. The minimum absolute atomic E-state index is 0.0106. The molecule has 1 N–H and O–H groups in total. The van der Waals surface area contributed by atoms with Crippen LogP contribution in [0.2, 0.25) is 0 Å². The van der Waals surface area contributed by atoms with E-state index in [9.17, 15) is 4.79 Å². The number of amides is 1. The Bertz CT molecular complexity index is 693. The van der Waals surface area contributed by atoms with Crippen LogP contribution in [-0.2, 0) is 29.2 Å². The number of aromatic nitrogens is 1. The summed E-state index contributed by atoms with van der Waals surface area (Å²) in [6.45, 7) is 8.67. The number of carbonyl (C=O) groups is 1. The first-order valence-electron chi connectivity index (χ1n) is 9.02. The third-order valence-electron chi connectivity index (χ3n) is 4.22. The molecule has 2 aromatic rings. The molecule has 6 nitrogen and oxygen atoms in total. The highest BCUT2D eigenvalue weighted by Gasteiger charge is 2.14. The van der Waals surface area contributed by atoms with E-state index in [1.54, 1.807) is 0 Å². The third-order valence-corrected chi connectivity index (χ3v) is 4.22. The lowest BCUT2D eigenvalue weighted by molar-refractivity contribution is -0.122. The van der Waals surface area contributed by atoms with Gasteiger partial charge in [-0.2, -0.15) is 0 Å².